The minimum absolute atomic E-state index is 0.0513. The number of carbonyl (C=O) groups is 1. The number of nitrogens with one attached hydrogen (secondary N) is 1. The Balaban J connectivity index is 1.82. The van der Waals surface area contributed by atoms with Crippen LogP contribution in [0, 0.1) is 11.8 Å². The predicted molar refractivity (Wildman–Crippen MR) is 61.9 cm³/mol. The molecule has 0 spiro atoms. The molecule has 16 heavy (non-hydrogen) atoms. The third-order valence-corrected chi connectivity index (χ3v) is 3.85. The molecule has 0 aromatic carbocycles. The zero-order valence-corrected chi connectivity index (χ0v) is 9.78. The van der Waals surface area contributed by atoms with Gasteiger partial charge in [0, 0.05) is 19.2 Å². The normalized spacial score (nSPS) is 28.2. The first kappa shape index (κ1) is 11.9. The van der Waals surface area contributed by atoms with E-state index in [0.717, 1.165) is 13.0 Å². The Labute approximate surface area is 96.9 Å². The molecule has 2 aliphatic rings. The third-order valence-electron chi connectivity index (χ3n) is 3.85. The van der Waals surface area contributed by atoms with Gasteiger partial charge >= 0.3 is 0 Å². The second kappa shape index (κ2) is 5.64. The fourth-order valence-electron chi connectivity index (χ4n) is 2.77. The first-order valence-electron chi connectivity index (χ1n) is 6.39. The number of ether oxygens (including phenoxy) is 1. The largest absolute Gasteiger partial charge is 0.381 e. The van der Waals surface area contributed by atoms with E-state index in [4.69, 9.17) is 10.5 Å². The summed E-state index contributed by atoms with van der Waals surface area (Å²) in [5.41, 5.74) is 5.75. The van der Waals surface area contributed by atoms with Gasteiger partial charge in [0.05, 0.1) is 12.5 Å². The monoisotopic (exact) mass is 226 g/mol. The molecule has 2 rings (SSSR count). The van der Waals surface area contributed by atoms with Gasteiger partial charge < -0.3 is 15.8 Å². The average molecular weight is 226 g/mol. The number of hydrogen-bond donors (Lipinski definition) is 2. The Bertz CT molecular complexity index is 233. The van der Waals surface area contributed by atoms with Crippen molar-refractivity contribution in [3.63, 3.8) is 0 Å². The Hall–Kier alpha value is -0.610. The van der Waals surface area contributed by atoms with Gasteiger partial charge in [0.2, 0.25) is 5.91 Å². The van der Waals surface area contributed by atoms with Crippen molar-refractivity contribution in [1.29, 1.82) is 0 Å². The summed E-state index contributed by atoms with van der Waals surface area (Å²) in [4.78, 5) is 11.9. The molecule has 1 heterocycles. The minimum Gasteiger partial charge on any atom is -0.381 e. The van der Waals surface area contributed by atoms with E-state index in [9.17, 15) is 4.79 Å². The lowest BCUT2D eigenvalue weighted by Gasteiger charge is -2.24. The highest BCUT2D eigenvalue weighted by molar-refractivity contribution is 5.79. The molecule has 92 valence electrons. The van der Waals surface area contributed by atoms with Gasteiger partial charge in [-0.15, -0.1) is 0 Å². The molecule has 4 nitrogen and oxygen atoms in total. The van der Waals surface area contributed by atoms with Crippen molar-refractivity contribution in [2.24, 2.45) is 17.6 Å². The lowest BCUT2D eigenvalue weighted by molar-refractivity contribution is -0.126. The van der Waals surface area contributed by atoms with Crippen molar-refractivity contribution in [1.82, 2.24) is 5.32 Å². The number of amides is 1. The molecule has 1 aliphatic carbocycles. The summed E-state index contributed by atoms with van der Waals surface area (Å²) < 4.78 is 5.23. The predicted octanol–water partition coefficient (Wildman–Crippen LogP) is 0.657. The van der Waals surface area contributed by atoms with E-state index in [2.05, 4.69) is 5.32 Å². The molecule has 2 fully saturated rings. The lowest BCUT2D eigenvalue weighted by Crippen LogP contribution is -2.47. The highest BCUT2D eigenvalue weighted by atomic mass is 16.5. The molecule has 0 radical (unpaired) electrons. The van der Waals surface area contributed by atoms with Gasteiger partial charge in [0.1, 0.15) is 0 Å². The van der Waals surface area contributed by atoms with Crippen LogP contribution in [-0.4, -0.2) is 31.7 Å². The van der Waals surface area contributed by atoms with Crippen LogP contribution in [0.2, 0.25) is 0 Å². The van der Waals surface area contributed by atoms with Gasteiger partial charge in [-0.25, -0.2) is 0 Å². The number of rotatable bonds is 4. The topological polar surface area (TPSA) is 64.3 Å². The Kier molecular flexibility index (Phi) is 4.18. The van der Waals surface area contributed by atoms with Gasteiger partial charge in [-0.05, 0) is 25.2 Å². The van der Waals surface area contributed by atoms with Gasteiger partial charge in [-0.2, -0.15) is 0 Å². The molecule has 4 heteroatoms. The number of hydrogen-bond acceptors (Lipinski definition) is 3. The van der Waals surface area contributed by atoms with E-state index in [1.54, 1.807) is 0 Å². The maximum absolute atomic E-state index is 11.9. The average Bonchev–Trinajstić information content (AvgIpc) is 2.96. The highest BCUT2D eigenvalue weighted by Crippen LogP contribution is 2.27. The molecule has 1 saturated carbocycles. The van der Waals surface area contributed by atoms with E-state index < -0.39 is 0 Å². The lowest BCUT2D eigenvalue weighted by atomic mass is 9.97. The molecular formula is C12H22N2O2. The SMILES string of the molecule is NCC(NC(=O)C1CCOC1)C1CCCC1. The molecule has 0 aromatic heterocycles. The number of carbonyl (C=O) groups excluding carboxylic acids is 1. The summed E-state index contributed by atoms with van der Waals surface area (Å²) in [6.45, 7) is 1.85. The summed E-state index contributed by atoms with van der Waals surface area (Å²) in [6.07, 6.45) is 5.84. The highest BCUT2D eigenvalue weighted by Gasteiger charge is 2.29. The number of nitrogens with two attached hydrogens (primary N) is 1. The molecule has 0 bridgehead atoms. The van der Waals surface area contributed by atoms with Crippen LogP contribution in [0.4, 0.5) is 0 Å². The molecule has 0 aromatic rings. The second-order valence-electron chi connectivity index (χ2n) is 4.96. The minimum atomic E-state index is 0.0513. The van der Waals surface area contributed by atoms with Gasteiger partial charge in [0.25, 0.3) is 0 Å². The molecule has 2 unspecified atom stereocenters. The maximum Gasteiger partial charge on any atom is 0.225 e. The molecule has 1 amide bonds. The first-order chi connectivity index (χ1) is 7.81. The van der Waals surface area contributed by atoms with E-state index >= 15 is 0 Å². The Morgan fingerprint density at radius 1 is 1.38 bits per heavy atom. The summed E-state index contributed by atoms with van der Waals surface area (Å²) in [7, 11) is 0. The molecule has 3 N–H and O–H groups in total. The standard InChI is InChI=1S/C12H22N2O2/c13-7-11(9-3-1-2-4-9)14-12(15)10-5-6-16-8-10/h9-11H,1-8,13H2,(H,14,15). The molecule has 2 atom stereocenters. The fraction of sp³-hybridized carbons (Fsp3) is 0.917. The molecular weight excluding hydrogens is 204 g/mol. The Morgan fingerprint density at radius 2 is 2.12 bits per heavy atom. The van der Waals surface area contributed by atoms with Crippen molar-refractivity contribution in [3.05, 3.63) is 0 Å². The van der Waals surface area contributed by atoms with Crippen molar-refractivity contribution < 1.29 is 9.53 Å². The summed E-state index contributed by atoms with van der Waals surface area (Å²) in [5, 5.41) is 3.11. The zero-order valence-electron chi connectivity index (χ0n) is 9.78. The second-order valence-corrected chi connectivity index (χ2v) is 4.96. The first-order valence-corrected chi connectivity index (χ1v) is 6.39. The van der Waals surface area contributed by atoms with E-state index in [0.29, 0.717) is 19.1 Å². The van der Waals surface area contributed by atoms with Crippen LogP contribution in [0.3, 0.4) is 0 Å². The van der Waals surface area contributed by atoms with Crippen LogP contribution >= 0.6 is 0 Å². The van der Waals surface area contributed by atoms with Gasteiger partial charge in [-0.3, -0.25) is 4.79 Å². The van der Waals surface area contributed by atoms with Crippen LogP contribution < -0.4 is 11.1 Å². The van der Waals surface area contributed by atoms with E-state index in [-0.39, 0.29) is 17.9 Å². The van der Waals surface area contributed by atoms with E-state index in [1.165, 1.54) is 25.7 Å². The summed E-state index contributed by atoms with van der Waals surface area (Å²) in [6, 6.07) is 0.176. The maximum atomic E-state index is 11.9. The molecule has 1 saturated heterocycles. The van der Waals surface area contributed by atoms with Crippen molar-refractivity contribution in [2.75, 3.05) is 19.8 Å². The van der Waals surface area contributed by atoms with E-state index in [1.807, 2.05) is 0 Å². The quantitative estimate of drug-likeness (QED) is 0.740. The van der Waals surface area contributed by atoms with Crippen molar-refractivity contribution in [2.45, 2.75) is 38.1 Å². The summed E-state index contributed by atoms with van der Waals surface area (Å²) >= 11 is 0. The van der Waals surface area contributed by atoms with Crippen LogP contribution in [0.15, 0.2) is 0 Å². The van der Waals surface area contributed by atoms with Gasteiger partial charge in [-0.1, -0.05) is 12.8 Å². The van der Waals surface area contributed by atoms with Gasteiger partial charge in [0.15, 0.2) is 0 Å². The van der Waals surface area contributed by atoms with Crippen molar-refractivity contribution in [3.8, 4) is 0 Å². The smallest absolute Gasteiger partial charge is 0.225 e. The summed E-state index contributed by atoms with van der Waals surface area (Å²) in [5.74, 6) is 0.784. The van der Waals surface area contributed by atoms with Crippen LogP contribution in [0.25, 0.3) is 0 Å². The Morgan fingerprint density at radius 3 is 2.69 bits per heavy atom. The molecule has 1 aliphatic heterocycles. The van der Waals surface area contributed by atoms with Crippen molar-refractivity contribution >= 4 is 5.91 Å². The third kappa shape index (κ3) is 2.74. The van der Waals surface area contributed by atoms with Crippen LogP contribution in [0.1, 0.15) is 32.1 Å². The van der Waals surface area contributed by atoms with Crippen LogP contribution in [0.5, 0.6) is 0 Å². The van der Waals surface area contributed by atoms with Crippen LogP contribution in [-0.2, 0) is 9.53 Å². The fourth-order valence-corrected chi connectivity index (χ4v) is 2.77. The zero-order chi connectivity index (χ0) is 11.4.